The second-order valence-electron chi connectivity index (χ2n) is 6.25. The first kappa shape index (κ1) is 21.4. The highest BCUT2D eigenvalue weighted by Crippen LogP contribution is 2.25. The van der Waals surface area contributed by atoms with Crippen LogP contribution in [-0.4, -0.2) is 30.2 Å². The van der Waals surface area contributed by atoms with Gasteiger partial charge in [0.25, 0.3) is 5.91 Å². The minimum atomic E-state index is -0.464. The van der Waals surface area contributed by atoms with E-state index in [1.807, 2.05) is 24.3 Å². The SMILES string of the molecule is CCOC(=O)c1ccccc1NC(=S)NC(=O)COc1ccccc1C(C)C. The Hall–Kier alpha value is -2.93. The number of hydrogen-bond acceptors (Lipinski definition) is 5. The topological polar surface area (TPSA) is 76.7 Å². The largest absolute Gasteiger partial charge is 0.483 e. The summed E-state index contributed by atoms with van der Waals surface area (Å²) in [5.74, 6) is 0.0820. The zero-order valence-electron chi connectivity index (χ0n) is 16.2. The molecule has 0 aliphatic carbocycles. The van der Waals surface area contributed by atoms with Crippen molar-refractivity contribution in [3.63, 3.8) is 0 Å². The second-order valence-corrected chi connectivity index (χ2v) is 6.66. The van der Waals surface area contributed by atoms with Gasteiger partial charge in [0.05, 0.1) is 17.9 Å². The number of nitrogens with one attached hydrogen (secondary N) is 2. The van der Waals surface area contributed by atoms with Gasteiger partial charge in [-0.25, -0.2) is 4.79 Å². The van der Waals surface area contributed by atoms with Crippen LogP contribution < -0.4 is 15.4 Å². The van der Waals surface area contributed by atoms with E-state index in [-0.39, 0.29) is 24.2 Å². The lowest BCUT2D eigenvalue weighted by molar-refractivity contribution is -0.121. The maximum Gasteiger partial charge on any atom is 0.340 e. The Balaban J connectivity index is 1.94. The Bertz CT molecular complexity index is 852. The minimum Gasteiger partial charge on any atom is -0.483 e. The monoisotopic (exact) mass is 400 g/mol. The summed E-state index contributed by atoms with van der Waals surface area (Å²) in [5.41, 5.74) is 1.82. The molecule has 2 aromatic rings. The third-order valence-corrected chi connectivity index (χ3v) is 4.03. The molecule has 0 aliphatic rings. The summed E-state index contributed by atoms with van der Waals surface area (Å²) >= 11 is 5.17. The Labute approximate surface area is 170 Å². The molecule has 0 aromatic heterocycles. The smallest absolute Gasteiger partial charge is 0.340 e. The average molecular weight is 401 g/mol. The van der Waals surface area contributed by atoms with E-state index in [4.69, 9.17) is 21.7 Å². The molecule has 0 saturated heterocycles. The molecule has 0 spiro atoms. The number of amides is 1. The van der Waals surface area contributed by atoms with Gasteiger partial charge in [-0.3, -0.25) is 10.1 Å². The molecule has 2 rings (SSSR count). The molecule has 0 bridgehead atoms. The predicted molar refractivity (Wildman–Crippen MR) is 113 cm³/mol. The molecular weight excluding hydrogens is 376 g/mol. The molecule has 0 atom stereocenters. The quantitative estimate of drug-likeness (QED) is 0.543. The summed E-state index contributed by atoms with van der Waals surface area (Å²) < 4.78 is 10.7. The van der Waals surface area contributed by atoms with Crippen molar-refractivity contribution in [1.82, 2.24) is 5.32 Å². The lowest BCUT2D eigenvalue weighted by atomic mass is 10.0. The molecule has 7 heteroatoms. The van der Waals surface area contributed by atoms with E-state index in [9.17, 15) is 9.59 Å². The molecular formula is C21H24N2O4S. The van der Waals surface area contributed by atoms with Gasteiger partial charge in [-0.2, -0.15) is 0 Å². The van der Waals surface area contributed by atoms with Gasteiger partial charge in [0.15, 0.2) is 11.7 Å². The third-order valence-electron chi connectivity index (χ3n) is 3.82. The zero-order valence-corrected chi connectivity index (χ0v) is 17.0. The number of anilines is 1. The zero-order chi connectivity index (χ0) is 20.5. The molecule has 0 aliphatic heterocycles. The van der Waals surface area contributed by atoms with E-state index in [0.717, 1.165) is 5.56 Å². The van der Waals surface area contributed by atoms with Crippen LogP contribution in [-0.2, 0) is 9.53 Å². The number of benzene rings is 2. The standard InChI is InChI=1S/C21H24N2O4S/c1-4-26-20(25)16-10-5-7-11-17(16)22-21(28)23-19(24)13-27-18-12-8-6-9-15(18)14(2)3/h5-12,14H,4,13H2,1-3H3,(H2,22,23,24,28). The maximum atomic E-state index is 12.2. The van der Waals surface area contributed by atoms with Crippen LogP contribution in [0.3, 0.4) is 0 Å². The van der Waals surface area contributed by atoms with Crippen LogP contribution in [0.5, 0.6) is 5.75 Å². The number of esters is 1. The second kappa shape index (κ2) is 10.4. The summed E-state index contributed by atoms with van der Waals surface area (Å²) in [6.45, 7) is 5.94. The van der Waals surface area contributed by atoms with E-state index < -0.39 is 11.9 Å². The number of ether oxygens (including phenoxy) is 2. The molecule has 0 fully saturated rings. The van der Waals surface area contributed by atoms with Gasteiger partial charge in [-0.1, -0.05) is 44.2 Å². The van der Waals surface area contributed by atoms with Crippen molar-refractivity contribution in [3.8, 4) is 5.75 Å². The van der Waals surface area contributed by atoms with Gasteiger partial charge in [0.1, 0.15) is 5.75 Å². The van der Waals surface area contributed by atoms with E-state index in [0.29, 0.717) is 17.0 Å². The highest BCUT2D eigenvalue weighted by molar-refractivity contribution is 7.80. The highest BCUT2D eigenvalue weighted by Gasteiger charge is 2.14. The van der Waals surface area contributed by atoms with Crippen molar-refractivity contribution >= 4 is 34.9 Å². The molecule has 0 radical (unpaired) electrons. The number of carbonyl (C=O) groups is 2. The molecule has 1 amide bonds. The van der Waals surface area contributed by atoms with Crippen LogP contribution in [0.1, 0.15) is 42.6 Å². The molecule has 28 heavy (non-hydrogen) atoms. The van der Waals surface area contributed by atoms with Gasteiger partial charge in [0.2, 0.25) is 0 Å². The number of rotatable bonds is 7. The van der Waals surface area contributed by atoms with Crippen LogP contribution in [0.2, 0.25) is 0 Å². The average Bonchev–Trinajstić information content (AvgIpc) is 2.67. The molecule has 148 valence electrons. The fraction of sp³-hybridized carbons (Fsp3) is 0.286. The van der Waals surface area contributed by atoms with Crippen LogP contribution in [0.15, 0.2) is 48.5 Å². The van der Waals surface area contributed by atoms with Crippen LogP contribution in [0.25, 0.3) is 0 Å². The van der Waals surface area contributed by atoms with E-state index in [1.54, 1.807) is 31.2 Å². The molecule has 6 nitrogen and oxygen atoms in total. The summed E-state index contributed by atoms with van der Waals surface area (Å²) in [6.07, 6.45) is 0. The third kappa shape index (κ3) is 6.06. The Kier molecular flexibility index (Phi) is 7.95. The number of carbonyl (C=O) groups excluding carboxylic acids is 2. The van der Waals surface area contributed by atoms with E-state index in [1.165, 1.54) is 0 Å². The van der Waals surface area contributed by atoms with Gasteiger partial charge < -0.3 is 14.8 Å². The first-order chi connectivity index (χ1) is 13.4. The van der Waals surface area contributed by atoms with E-state index in [2.05, 4.69) is 24.5 Å². The summed E-state index contributed by atoms with van der Waals surface area (Å²) in [7, 11) is 0. The van der Waals surface area contributed by atoms with Gasteiger partial charge in [-0.05, 0) is 48.8 Å². The number of hydrogen-bond donors (Lipinski definition) is 2. The lowest BCUT2D eigenvalue weighted by Crippen LogP contribution is -2.37. The summed E-state index contributed by atoms with van der Waals surface area (Å²) in [4.78, 5) is 24.2. The van der Waals surface area contributed by atoms with Crippen molar-refractivity contribution in [2.24, 2.45) is 0 Å². The Morgan fingerprint density at radius 1 is 1.07 bits per heavy atom. The Morgan fingerprint density at radius 2 is 1.75 bits per heavy atom. The molecule has 2 N–H and O–H groups in total. The van der Waals surface area contributed by atoms with Crippen LogP contribution in [0.4, 0.5) is 5.69 Å². The highest BCUT2D eigenvalue weighted by atomic mass is 32.1. The van der Waals surface area contributed by atoms with Crippen LogP contribution >= 0.6 is 12.2 Å². The van der Waals surface area contributed by atoms with E-state index >= 15 is 0 Å². The predicted octanol–water partition coefficient (Wildman–Crippen LogP) is 3.88. The fourth-order valence-corrected chi connectivity index (χ4v) is 2.75. The maximum absolute atomic E-state index is 12.2. The normalized spacial score (nSPS) is 10.3. The van der Waals surface area contributed by atoms with Gasteiger partial charge in [0, 0.05) is 0 Å². The minimum absolute atomic E-state index is 0.0718. The van der Waals surface area contributed by atoms with Crippen molar-refractivity contribution in [2.75, 3.05) is 18.5 Å². The van der Waals surface area contributed by atoms with Crippen molar-refractivity contribution in [3.05, 3.63) is 59.7 Å². The molecule has 0 saturated carbocycles. The first-order valence-corrected chi connectivity index (χ1v) is 9.41. The summed E-state index contributed by atoms with van der Waals surface area (Å²) in [6, 6.07) is 14.4. The summed E-state index contributed by atoms with van der Waals surface area (Å²) in [5, 5.41) is 5.47. The van der Waals surface area contributed by atoms with Crippen molar-refractivity contribution in [2.45, 2.75) is 26.7 Å². The van der Waals surface area contributed by atoms with Crippen LogP contribution in [0, 0.1) is 0 Å². The van der Waals surface area contributed by atoms with Gasteiger partial charge in [-0.15, -0.1) is 0 Å². The van der Waals surface area contributed by atoms with Crippen molar-refractivity contribution in [1.29, 1.82) is 0 Å². The fourth-order valence-electron chi connectivity index (χ4n) is 2.53. The molecule has 0 unspecified atom stereocenters. The van der Waals surface area contributed by atoms with Gasteiger partial charge >= 0.3 is 5.97 Å². The molecule has 2 aromatic carbocycles. The van der Waals surface area contributed by atoms with Crippen molar-refractivity contribution < 1.29 is 19.1 Å². The lowest BCUT2D eigenvalue weighted by Gasteiger charge is -2.15. The first-order valence-electron chi connectivity index (χ1n) is 9.01. The molecule has 0 heterocycles. The number of thiocarbonyl (C=S) groups is 1. The Morgan fingerprint density at radius 3 is 2.46 bits per heavy atom. The number of para-hydroxylation sites is 2.